The maximum Gasteiger partial charge on any atom is 0.257 e. The molecule has 9 heteroatoms. The number of rotatable bonds is 3. The van der Waals surface area contributed by atoms with E-state index in [0.717, 1.165) is 0 Å². The third-order valence-corrected chi connectivity index (χ3v) is 6.67. The number of piperazine rings is 1. The van der Waals surface area contributed by atoms with E-state index >= 15 is 0 Å². The molecule has 128 valence electrons. The molecule has 1 fully saturated rings. The summed E-state index contributed by atoms with van der Waals surface area (Å²) in [6.45, 7) is 0.914. The van der Waals surface area contributed by atoms with Crippen LogP contribution in [-0.4, -0.2) is 49.7 Å². The van der Waals surface area contributed by atoms with Crippen LogP contribution in [0.2, 0.25) is 10.0 Å². The van der Waals surface area contributed by atoms with Gasteiger partial charge in [0.2, 0.25) is 10.0 Å². The van der Waals surface area contributed by atoms with Gasteiger partial charge >= 0.3 is 0 Å². The summed E-state index contributed by atoms with van der Waals surface area (Å²) in [5, 5.41) is 0.166. The Bertz CT molecular complexity index is 824. The Kier molecular flexibility index (Phi) is 4.87. The first-order valence-electron chi connectivity index (χ1n) is 7.17. The van der Waals surface area contributed by atoms with Gasteiger partial charge in [0.05, 0.1) is 21.9 Å². The normalized spacial score (nSPS) is 16.3. The van der Waals surface area contributed by atoms with Gasteiger partial charge in [0.1, 0.15) is 11.2 Å². The van der Waals surface area contributed by atoms with E-state index in [0.29, 0.717) is 5.56 Å². The lowest BCUT2D eigenvalue weighted by atomic mass is 10.2. The maximum absolute atomic E-state index is 12.8. The summed E-state index contributed by atoms with van der Waals surface area (Å²) in [6.07, 6.45) is 2.79. The highest BCUT2D eigenvalue weighted by Crippen LogP contribution is 2.31. The summed E-state index contributed by atoms with van der Waals surface area (Å²) in [6, 6.07) is 6.14. The molecule has 1 aliphatic rings. The number of sulfonamides is 1. The first kappa shape index (κ1) is 17.3. The second-order valence-electron chi connectivity index (χ2n) is 5.26. The molecule has 0 radical (unpaired) electrons. The van der Waals surface area contributed by atoms with E-state index < -0.39 is 10.0 Å². The van der Waals surface area contributed by atoms with Gasteiger partial charge in [-0.15, -0.1) is 0 Å². The first-order valence-corrected chi connectivity index (χ1v) is 9.36. The summed E-state index contributed by atoms with van der Waals surface area (Å²) in [4.78, 5) is 13.7. The van der Waals surface area contributed by atoms with Crippen molar-refractivity contribution in [3.8, 4) is 0 Å². The van der Waals surface area contributed by atoms with Crippen molar-refractivity contribution in [2.75, 3.05) is 26.2 Å². The molecule has 2 aromatic rings. The van der Waals surface area contributed by atoms with Crippen molar-refractivity contribution < 1.29 is 17.6 Å². The van der Waals surface area contributed by atoms with Gasteiger partial charge in [-0.25, -0.2) is 8.42 Å². The number of nitrogens with zero attached hydrogens (tertiary/aromatic N) is 2. The monoisotopic (exact) mass is 388 g/mol. The van der Waals surface area contributed by atoms with Crippen molar-refractivity contribution in [3.63, 3.8) is 0 Å². The van der Waals surface area contributed by atoms with Crippen LogP contribution >= 0.6 is 23.2 Å². The molecule has 2 heterocycles. The van der Waals surface area contributed by atoms with Gasteiger partial charge in [0.25, 0.3) is 5.91 Å². The third kappa shape index (κ3) is 3.17. The second kappa shape index (κ2) is 6.76. The molecule has 1 aliphatic heterocycles. The Balaban J connectivity index is 1.76. The molecule has 0 bridgehead atoms. The van der Waals surface area contributed by atoms with Gasteiger partial charge in [0, 0.05) is 26.2 Å². The molecule has 1 aromatic carbocycles. The minimum atomic E-state index is -3.81. The van der Waals surface area contributed by atoms with Crippen molar-refractivity contribution in [3.05, 3.63) is 52.4 Å². The van der Waals surface area contributed by atoms with E-state index in [4.69, 9.17) is 27.6 Å². The number of furan rings is 1. The zero-order chi connectivity index (χ0) is 17.3. The Morgan fingerprint density at radius 2 is 1.67 bits per heavy atom. The highest BCUT2D eigenvalue weighted by atomic mass is 35.5. The Labute approximate surface area is 149 Å². The number of hydrogen-bond donors (Lipinski definition) is 0. The highest BCUT2D eigenvalue weighted by Gasteiger charge is 2.33. The van der Waals surface area contributed by atoms with Crippen LogP contribution in [0.15, 0.2) is 46.1 Å². The number of carbonyl (C=O) groups is 1. The van der Waals surface area contributed by atoms with Crippen molar-refractivity contribution >= 4 is 39.1 Å². The molecular formula is C15H14Cl2N2O4S. The predicted octanol–water partition coefficient (Wildman–Crippen LogP) is 2.73. The Morgan fingerprint density at radius 1 is 1.04 bits per heavy atom. The quantitative estimate of drug-likeness (QED) is 0.810. The van der Waals surface area contributed by atoms with Crippen LogP contribution < -0.4 is 0 Å². The fourth-order valence-electron chi connectivity index (χ4n) is 2.56. The number of halogens is 2. The van der Waals surface area contributed by atoms with Gasteiger partial charge in [-0.1, -0.05) is 29.3 Å². The zero-order valence-corrected chi connectivity index (χ0v) is 14.8. The Hall–Kier alpha value is -1.54. The minimum absolute atomic E-state index is 0.0828. The standard InChI is InChI=1S/C15H14Cl2N2O4S/c16-12-2-1-3-13(17)14(12)24(21,22)19-7-5-18(6-8-19)15(20)11-4-9-23-10-11/h1-4,9-10H,5-8H2. The van der Waals surface area contributed by atoms with Crippen LogP contribution in [0.4, 0.5) is 0 Å². The highest BCUT2D eigenvalue weighted by molar-refractivity contribution is 7.89. The van der Waals surface area contributed by atoms with Crippen molar-refractivity contribution in [1.82, 2.24) is 9.21 Å². The van der Waals surface area contributed by atoms with E-state index in [2.05, 4.69) is 0 Å². The third-order valence-electron chi connectivity index (χ3n) is 3.81. The molecule has 0 aliphatic carbocycles. The summed E-state index contributed by atoms with van der Waals surface area (Å²) >= 11 is 12.0. The average Bonchev–Trinajstić information content (AvgIpc) is 3.08. The van der Waals surface area contributed by atoms with E-state index in [9.17, 15) is 13.2 Å². The zero-order valence-electron chi connectivity index (χ0n) is 12.5. The number of carbonyl (C=O) groups excluding carboxylic acids is 1. The van der Waals surface area contributed by atoms with Crippen LogP contribution in [0, 0.1) is 0 Å². The van der Waals surface area contributed by atoms with E-state index in [1.54, 1.807) is 17.0 Å². The number of hydrogen-bond acceptors (Lipinski definition) is 4. The summed E-state index contributed by atoms with van der Waals surface area (Å²) in [7, 11) is -3.81. The van der Waals surface area contributed by atoms with E-state index in [1.807, 2.05) is 0 Å². The van der Waals surface area contributed by atoms with Crippen molar-refractivity contribution in [2.24, 2.45) is 0 Å². The van der Waals surface area contributed by atoms with Crippen LogP contribution in [0.1, 0.15) is 10.4 Å². The summed E-state index contributed by atoms with van der Waals surface area (Å²) in [5.74, 6) is -0.184. The molecule has 0 spiro atoms. The van der Waals surface area contributed by atoms with Gasteiger partial charge < -0.3 is 9.32 Å². The molecule has 3 rings (SSSR count). The predicted molar refractivity (Wildman–Crippen MR) is 89.8 cm³/mol. The largest absolute Gasteiger partial charge is 0.472 e. The molecular weight excluding hydrogens is 375 g/mol. The van der Waals surface area contributed by atoms with Crippen LogP contribution in [0.25, 0.3) is 0 Å². The SMILES string of the molecule is O=C(c1ccoc1)N1CCN(S(=O)(=O)c2c(Cl)cccc2Cl)CC1. The molecule has 0 N–H and O–H groups in total. The Morgan fingerprint density at radius 3 is 2.21 bits per heavy atom. The molecule has 1 saturated heterocycles. The van der Waals surface area contributed by atoms with Gasteiger partial charge in [-0.2, -0.15) is 4.31 Å². The van der Waals surface area contributed by atoms with Crippen LogP contribution in [0.5, 0.6) is 0 Å². The van der Waals surface area contributed by atoms with E-state index in [1.165, 1.54) is 29.0 Å². The number of benzene rings is 1. The van der Waals surface area contributed by atoms with Crippen LogP contribution in [0.3, 0.4) is 0 Å². The fraction of sp³-hybridized carbons (Fsp3) is 0.267. The van der Waals surface area contributed by atoms with Gasteiger partial charge in [-0.05, 0) is 18.2 Å². The molecule has 1 amide bonds. The topological polar surface area (TPSA) is 70.8 Å². The summed E-state index contributed by atoms with van der Waals surface area (Å²) < 4.78 is 31.7. The molecule has 1 aromatic heterocycles. The second-order valence-corrected chi connectivity index (χ2v) is 7.95. The molecule has 24 heavy (non-hydrogen) atoms. The summed E-state index contributed by atoms with van der Waals surface area (Å²) in [5.41, 5.74) is 0.445. The molecule has 6 nitrogen and oxygen atoms in total. The molecule has 0 unspecified atom stereocenters. The minimum Gasteiger partial charge on any atom is -0.472 e. The molecule has 0 saturated carbocycles. The molecule has 0 atom stereocenters. The van der Waals surface area contributed by atoms with E-state index in [-0.39, 0.29) is 47.0 Å². The smallest absolute Gasteiger partial charge is 0.257 e. The average molecular weight is 389 g/mol. The van der Waals surface area contributed by atoms with Crippen LogP contribution in [-0.2, 0) is 10.0 Å². The first-order chi connectivity index (χ1) is 11.4. The lowest BCUT2D eigenvalue weighted by molar-refractivity contribution is 0.0697. The fourth-order valence-corrected chi connectivity index (χ4v) is 5.07. The maximum atomic E-state index is 12.8. The number of amides is 1. The lowest BCUT2D eigenvalue weighted by Gasteiger charge is -2.34. The van der Waals surface area contributed by atoms with Gasteiger partial charge in [-0.3, -0.25) is 4.79 Å². The lowest BCUT2D eigenvalue weighted by Crippen LogP contribution is -2.50. The van der Waals surface area contributed by atoms with Gasteiger partial charge in [0.15, 0.2) is 0 Å². The van der Waals surface area contributed by atoms with Crippen molar-refractivity contribution in [1.29, 1.82) is 0 Å². The van der Waals surface area contributed by atoms with Crippen molar-refractivity contribution in [2.45, 2.75) is 4.90 Å².